The monoisotopic (exact) mass is 509 g/mol. The molecule has 1 atom stereocenters. The van der Waals surface area contributed by atoms with E-state index in [0.29, 0.717) is 38.4 Å². The Hall–Kier alpha value is -2.84. The molecule has 8 nitrogen and oxygen atoms in total. The zero-order valence-electron chi connectivity index (χ0n) is 20.9. The molecule has 1 aromatic heterocycles. The van der Waals surface area contributed by atoms with Crippen LogP contribution in [0.1, 0.15) is 26.0 Å². The lowest BCUT2D eigenvalue weighted by Crippen LogP contribution is -2.29. The van der Waals surface area contributed by atoms with Crippen LogP contribution in [0, 0.1) is 22.8 Å². The molecule has 2 aliphatic heterocycles. The summed E-state index contributed by atoms with van der Waals surface area (Å²) in [6.45, 7) is 6.28. The second kappa shape index (κ2) is 11.7. The van der Waals surface area contributed by atoms with Crippen LogP contribution in [0.15, 0.2) is 18.3 Å². The first-order chi connectivity index (χ1) is 16.7. The van der Waals surface area contributed by atoms with Gasteiger partial charge in [0.2, 0.25) is 0 Å². The largest absolute Gasteiger partial charge is 0.442 e. The molecule has 192 valence electrons. The Labute approximate surface area is 206 Å². The van der Waals surface area contributed by atoms with E-state index < -0.39 is 33.9 Å². The maximum Gasteiger partial charge on any atom is 0.414 e. The zero-order chi connectivity index (χ0) is 25.6. The summed E-state index contributed by atoms with van der Waals surface area (Å²) in [6, 6.07) is 2.34. The van der Waals surface area contributed by atoms with Gasteiger partial charge in [-0.15, -0.1) is 5.10 Å². The molecular formula is C24H33F2N5O3S. The highest BCUT2D eigenvalue weighted by Crippen LogP contribution is 2.33. The van der Waals surface area contributed by atoms with Gasteiger partial charge in [0.25, 0.3) is 0 Å². The van der Waals surface area contributed by atoms with Crippen molar-refractivity contribution in [2.45, 2.75) is 32.9 Å². The van der Waals surface area contributed by atoms with Crippen LogP contribution in [0.3, 0.4) is 0 Å². The number of anilines is 2. The van der Waals surface area contributed by atoms with Crippen molar-refractivity contribution < 1.29 is 23.0 Å². The topological polar surface area (TPSA) is 72.7 Å². The van der Waals surface area contributed by atoms with Crippen molar-refractivity contribution >= 4 is 27.5 Å². The number of rotatable bonds is 4. The number of cyclic esters (lactones) is 1. The van der Waals surface area contributed by atoms with E-state index in [1.807, 2.05) is 13.8 Å². The molecule has 4 rings (SSSR count). The summed E-state index contributed by atoms with van der Waals surface area (Å²) in [5.74, 6) is 1.56. The second-order valence-electron chi connectivity index (χ2n) is 8.72. The van der Waals surface area contributed by atoms with Crippen LogP contribution in [-0.2, 0) is 16.0 Å². The van der Waals surface area contributed by atoms with Crippen molar-refractivity contribution in [2.75, 3.05) is 61.4 Å². The molecule has 0 bridgehead atoms. The van der Waals surface area contributed by atoms with Crippen molar-refractivity contribution in [3.63, 3.8) is 0 Å². The van der Waals surface area contributed by atoms with E-state index in [9.17, 15) is 13.6 Å². The van der Waals surface area contributed by atoms with E-state index in [0.717, 1.165) is 0 Å². The zero-order valence-corrected chi connectivity index (χ0v) is 21.7. The summed E-state index contributed by atoms with van der Waals surface area (Å²) in [4.78, 5) is 15.3. The van der Waals surface area contributed by atoms with Gasteiger partial charge in [-0.1, -0.05) is 19.1 Å². The summed E-state index contributed by atoms with van der Waals surface area (Å²) in [5.41, 5.74) is 0.560. The number of carbonyl (C=O) groups excluding carboxylic acids is 1. The van der Waals surface area contributed by atoms with Crippen LogP contribution >= 0.6 is 10.0 Å². The SMILES string of the molecule is CC.CS(C)(C)C#Cc1cn(CC2CN(c3cc(F)c(N4CCCOCC4)c(F)c3)C(=O)O2)nn1. The van der Waals surface area contributed by atoms with E-state index >= 15 is 0 Å². The number of carbonyl (C=O) groups is 1. The molecule has 11 heteroatoms. The maximum atomic E-state index is 14.9. The van der Waals surface area contributed by atoms with Crippen LogP contribution in [0.4, 0.5) is 25.0 Å². The highest BCUT2D eigenvalue weighted by atomic mass is 32.3. The van der Waals surface area contributed by atoms with E-state index in [2.05, 4.69) is 40.3 Å². The molecule has 0 radical (unpaired) electrons. The van der Waals surface area contributed by atoms with Crippen LogP contribution in [-0.4, -0.2) is 78.8 Å². The van der Waals surface area contributed by atoms with Gasteiger partial charge in [-0.25, -0.2) is 18.3 Å². The molecular weight excluding hydrogens is 476 g/mol. The quantitative estimate of drug-likeness (QED) is 0.584. The molecule has 1 amide bonds. The van der Waals surface area contributed by atoms with E-state index in [4.69, 9.17) is 9.47 Å². The molecule has 35 heavy (non-hydrogen) atoms. The predicted molar refractivity (Wildman–Crippen MR) is 135 cm³/mol. The number of amides is 1. The molecule has 2 aliphatic rings. The minimum Gasteiger partial charge on any atom is -0.442 e. The van der Waals surface area contributed by atoms with Crippen LogP contribution in [0.2, 0.25) is 0 Å². The Balaban J connectivity index is 0.00000167. The van der Waals surface area contributed by atoms with E-state index in [-0.39, 0.29) is 24.5 Å². The lowest BCUT2D eigenvalue weighted by molar-refractivity contribution is 0.129. The molecule has 3 heterocycles. The minimum absolute atomic E-state index is 0.0956. The van der Waals surface area contributed by atoms with Gasteiger partial charge in [0, 0.05) is 31.8 Å². The average Bonchev–Trinajstić information content (AvgIpc) is 3.30. The summed E-state index contributed by atoms with van der Waals surface area (Å²) >= 11 is 0. The van der Waals surface area contributed by atoms with Gasteiger partial charge in [0.05, 0.1) is 31.6 Å². The van der Waals surface area contributed by atoms with Crippen molar-refractivity contribution in [3.05, 3.63) is 35.7 Å². The Morgan fingerprint density at radius 2 is 1.86 bits per heavy atom. The van der Waals surface area contributed by atoms with E-state index in [1.54, 1.807) is 15.8 Å². The van der Waals surface area contributed by atoms with Gasteiger partial charge < -0.3 is 14.4 Å². The number of hydrogen-bond donors (Lipinski definition) is 0. The Morgan fingerprint density at radius 1 is 1.14 bits per heavy atom. The summed E-state index contributed by atoms with van der Waals surface area (Å²) in [7, 11) is -0.985. The second-order valence-corrected chi connectivity index (χ2v) is 12.6. The first-order valence-corrected chi connectivity index (χ1v) is 14.5. The molecule has 1 unspecified atom stereocenters. The smallest absolute Gasteiger partial charge is 0.414 e. The van der Waals surface area contributed by atoms with E-state index in [1.165, 1.54) is 17.0 Å². The highest BCUT2D eigenvalue weighted by molar-refractivity contribution is 8.35. The highest BCUT2D eigenvalue weighted by Gasteiger charge is 2.34. The fraction of sp³-hybridized carbons (Fsp3) is 0.542. The number of benzene rings is 1. The van der Waals surface area contributed by atoms with Crippen molar-refractivity contribution in [2.24, 2.45) is 0 Å². The standard InChI is InChI=1S/C22H27F2N5O3S.C2H6/c1-33(2,3)10-5-16-13-28(26-25-16)14-18-15-29(22(30)32-18)17-11-19(23)21(20(24)12-17)27-6-4-8-31-9-7-27;1-2/h11-13,18H,4,6-9,14-15H2,1-3H3;1-2H3. The third-order valence-electron chi connectivity index (χ3n) is 5.14. The number of ether oxygens (including phenoxy) is 2. The van der Waals surface area contributed by atoms with Crippen LogP contribution in [0.5, 0.6) is 0 Å². The van der Waals surface area contributed by atoms with Crippen molar-refractivity contribution in [1.82, 2.24) is 15.0 Å². The lowest BCUT2D eigenvalue weighted by Gasteiger charge is -2.24. The van der Waals surface area contributed by atoms with Gasteiger partial charge in [-0.05, 0) is 36.4 Å². The number of nitrogens with zero attached hydrogens (tertiary/aromatic N) is 5. The van der Waals surface area contributed by atoms with Crippen molar-refractivity contribution in [3.8, 4) is 11.2 Å². The van der Waals surface area contributed by atoms with Gasteiger partial charge in [0.1, 0.15) is 11.8 Å². The predicted octanol–water partition coefficient (Wildman–Crippen LogP) is 3.84. The summed E-state index contributed by atoms with van der Waals surface area (Å²) in [5, 5.41) is 11.2. The fourth-order valence-electron chi connectivity index (χ4n) is 3.67. The third kappa shape index (κ3) is 7.08. The Morgan fingerprint density at radius 3 is 2.54 bits per heavy atom. The average molecular weight is 510 g/mol. The first kappa shape index (κ1) is 26.8. The van der Waals surface area contributed by atoms with Crippen LogP contribution < -0.4 is 9.80 Å². The number of hydrogen-bond acceptors (Lipinski definition) is 6. The Kier molecular flexibility index (Phi) is 8.97. The number of halogens is 2. The van der Waals surface area contributed by atoms with Crippen molar-refractivity contribution in [1.29, 1.82) is 0 Å². The fourth-order valence-corrected chi connectivity index (χ4v) is 4.08. The first-order valence-electron chi connectivity index (χ1n) is 11.6. The van der Waals surface area contributed by atoms with Gasteiger partial charge >= 0.3 is 6.09 Å². The molecule has 0 aliphatic carbocycles. The molecule has 0 spiro atoms. The minimum atomic E-state index is -0.985. The maximum absolute atomic E-state index is 14.9. The molecule has 2 fully saturated rings. The van der Waals surface area contributed by atoms with Gasteiger partial charge in [-0.2, -0.15) is 10.0 Å². The Bertz CT molecular complexity index is 1060. The molecule has 0 saturated carbocycles. The van der Waals surface area contributed by atoms with Crippen LogP contribution in [0.25, 0.3) is 0 Å². The molecule has 2 aromatic rings. The number of aromatic nitrogens is 3. The normalized spacial score (nSPS) is 18.7. The molecule has 2 saturated heterocycles. The summed E-state index contributed by atoms with van der Waals surface area (Å²) in [6.07, 6.45) is 7.42. The van der Waals surface area contributed by atoms with Gasteiger partial charge in [-0.3, -0.25) is 4.90 Å². The third-order valence-corrected chi connectivity index (χ3v) is 5.85. The molecule has 0 N–H and O–H groups in total. The summed E-state index contributed by atoms with van der Waals surface area (Å²) < 4.78 is 42.1. The molecule has 1 aromatic carbocycles. The van der Waals surface area contributed by atoms with Gasteiger partial charge in [0.15, 0.2) is 17.3 Å². The lowest BCUT2D eigenvalue weighted by atomic mass is 10.2.